The third kappa shape index (κ3) is 3.92. The van der Waals surface area contributed by atoms with Crippen molar-refractivity contribution in [1.82, 2.24) is 10.6 Å². The van der Waals surface area contributed by atoms with Gasteiger partial charge in [0.05, 0.1) is 19.8 Å². The molecule has 0 heterocycles. The van der Waals surface area contributed by atoms with E-state index in [2.05, 4.69) is 10.6 Å². The molecule has 0 aliphatic carbocycles. The van der Waals surface area contributed by atoms with Crippen molar-refractivity contribution < 1.29 is 14.3 Å². The van der Waals surface area contributed by atoms with Gasteiger partial charge in [0, 0.05) is 19.2 Å². The highest BCUT2D eigenvalue weighted by molar-refractivity contribution is 5.97. The first-order chi connectivity index (χ1) is 8.72. The monoisotopic (exact) mass is 252 g/mol. The number of hydrogen-bond donors (Lipinski definition) is 2. The van der Waals surface area contributed by atoms with Crippen LogP contribution in [0.3, 0.4) is 0 Å². The maximum absolute atomic E-state index is 11.9. The number of ether oxygens (including phenoxy) is 2. The quantitative estimate of drug-likeness (QED) is 0.712. The Balaban J connectivity index is 2.66. The van der Waals surface area contributed by atoms with Crippen molar-refractivity contribution >= 4 is 5.91 Å². The van der Waals surface area contributed by atoms with Gasteiger partial charge in [-0.1, -0.05) is 6.92 Å². The van der Waals surface area contributed by atoms with Crippen LogP contribution in [0.25, 0.3) is 0 Å². The van der Waals surface area contributed by atoms with Gasteiger partial charge in [-0.3, -0.25) is 4.79 Å². The molecular formula is C13H20N2O3. The molecule has 0 atom stereocenters. The number of rotatable bonds is 7. The zero-order valence-corrected chi connectivity index (χ0v) is 11.1. The number of benzene rings is 1. The van der Waals surface area contributed by atoms with Gasteiger partial charge in [-0.25, -0.2) is 0 Å². The number of methoxy groups -OCH3 is 2. The highest BCUT2D eigenvalue weighted by Gasteiger charge is 2.12. The zero-order chi connectivity index (χ0) is 13.4. The van der Waals surface area contributed by atoms with Crippen LogP contribution in [0.1, 0.15) is 17.3 Å². The minimum absolute atomic E-state index is 0.146. The minimum Gasteiger partial charge on any atom is -0.497 e. The van der Waals surface area contributed by atoms with E-state index in [1.807, 2.05) is 6.92 Å². The minimum atomic E-state index is -0.146. The molecule has 1 amide bonds. The second-order valence-electron chi connectivity index (χ2n) is 3.68. The molecule has 0 radical (unpaired) electrons. The predicted octanol–water partition coefficient (Wildman–Crippen LogP) is 1.04. The Kier molecular flexibility index (Phi) is 6.00. The molecule has 0 bridgehead atoms. The fraction of sp³-hybridized carbons (Fsp3) is 0.462. The Morgan fingerprint density at radius 2 is 2.00 bits per heavy atom. The van der Waals surface area contributed by atoms with E-state index in [-0.39, 0.29) is 5.91 Å². The molecule has 0 unspecified atom stereocenters. The zero-order valence-electron chi connectivity index (χ0n) is 11.1. The number of carbonyl (C=O) groups excluding carboxylic acids is 1. The first-order valence-corrected chi connectivity index (χ1v) is 5.93. The van der Waals surface area contributed by atoms with Crippen molar-refractivity contribution in [2.24, 2.45) is 0 Å². The molecule has 5 nitrogen and oxygen atoms in total. The van der Waals surface area contributed by atoms with E-state index >= 15 is 0 Å². The maximum atomic E-state index is 11.9. The number of nitrogens with one attached hydrogen (secondary N) is 2. The third-order valence-corrected chi connectivity index (χ3v) is 2.49. The van der Waals surface area contributed by atoms with Gasteiger partial charge in [0.15, 0.2) is 0 Å². The Labute approximate surface area is 107 Å². The van der Waals surface area contributed by atoms with Crippen LogP contribution in [-0.4, -0.2) is 39.8 Å². The average molecular weight is 252 g/mol. The fourth-order valence-electron chi connectivity index (χ4n) is 1.52. The average Bonchev–Trinajstić information content (AvgIpc) is 2.42. The lowest BCUT2D eigenvalue weighted by Crippen LogP contribution is -2.31. The summed E-state index contributed by atoms with van der Waals surface area (Å²) in [5.41, 5.74) is 0.509. The molecular weight excluding hydrogens is 232 g/mol. The van der Waals surface area contributed by atoms with Crippen LogP contribution in [0, 0.1) is 0 Å². The lowest BCUT2D eigenvalue weighted by Gasteiger charge is -2.10. The van der Waals surface area contributed by atoms with Gasteiger partial charge in [0.1, 0.15) is 11.5 Å². The normalized spacial score (nSPS) is 9.94. The van der Waals surface area contributed by atoms with Gasteiger partial charge >= 0.3 is 0 Å². The van der Waals surface area contributed by atoms with Crippen LogP contribution in [0.2, 0.25) is 0 Å². The van der Waals surface area contributed by atoms with Crippen molar-refractivity contribution in [3.05, 3.63) is 23.8 Å². The molecule has 5 heteroatoms. The van der Waals surface area contributed by atoms with Gasteiger partial charge in [0.2, 0.25) is 0 Å². The summed E-state index contributed by atoms with van der Waals surface area (Å²) in [6.45, 7) is 4.25. The Morgan fingerprint density at radius 1 is 1.22 bits per heavy atom. The number of likely N-dealkylation sites (N-methyl/N-ethyl adjacent to an activating group) is 1. The summed E-state index contributed by atoms with van der Waals surface area (Å²) in [5.74, 6) is 1.03. The van der Waals surface area contributed by atoms with E-state index < -0.39 is 0 Å². The molecule has 18 heavy (non-hydrogen) atoms. The van der Waals surface area contributed by atoms with Crippen molar-refractivity contribution in [3.8, 4) is 11.5 Å². The molecule has 2 N–H and O–H groups in total. The molecule has 0 saturated heterocycles. The van der Waals surface area contributed by atoms with Gasteiger partial charge in [-0.05, 0) is 18.7 Å². The first-order valence-electron chi connectivity index (χ1n) is 5.93. The van der Waals surface area contributed by atoms with E-state index in [0.717, 1.165) is 13.1 Å². The van der Waals surface area contributed by atoms with Crippen molar-refractivity contribution in [2.45, 2.75) is 6.92 Å². The van der Waals surface area contributed by atoms with E-state index in [1.165, 1.54) is 7.11 Å². The number of hydrogen-bond acceptors (Lipinski definition) is 4. The summed E-state index contributed by atoms with van der Waals surface area (Å²) in [6.07, 6.45) is 0. The van der Waals surface area contributed by atoms with Gasteiger partial charge in [0.25, 0.3) is 5.91 Å². The van der Waals surface area contributed by atoms with Gasteiger partial charge in [-0.15, -0.1) is 0 Å². The number of carbonyl (C=O) groups is 1. The lowest BCUT2D eigenvalue weighted by atomic mass is 10.1. The molecule has 1 rings (SSSR count). The molecule has 1 aromatic rings. The topological polar surface area (TPSA) is 59.6 Å². The van der Waals surface area contributed by atoms with Crippen LogP contribution in [0.5, 0.6) is 11.5 Å². The highest BCUT2D eigenvalue weighted by atomic mass is 16.5. The Morgan fingerprint density at radius 3 is 2.61 bits per heavy atom. The Hall–Kier alpha value is -1.75. The molecule has 0 spiro atoms. The molecule has 0 fully saturated rings. The van der Waals surface area contributed by atoms with Crippen molar-refractivity contribution in [2.75, 3.05) is 33.9 Å². The molecule has 0 aliphatic rings. The predicted molar refractivity (Wildman–Crippen MR) is 70.4 cm³/mol. The highest BCUT2D eigenvalue weighted by Crippen LogP contribution is 2.24. The van der Waals surface area contributed by atoms with E-state index in [9.17, 15) is 4.79 Å². The summed E-state index contributed by atoms with van der Waals surface area (Å²) < 4.78 is 10.3. The fourth-order valence-corrected chi connectivity index (χ4v) is 1.52. The van der Waals surface area contributed by atoms with Crippen LogP contribution < -0.4 is 20.1 Å². The van der Waals surface area contributed by atoms with Crippen molar-refractivity contribution in [3.63, 3.8) is 0 Å². The van der Waals surface area contributed by atoms with Crippen LogP contribution in [0.15, 0.2) is 18.2 Å². The third-order valence-electron chi connectivity index (χ3n) is 2.49. The second-order valence-corrected chi connectivity index (χ2v) is 3.68. The smallest absolute Gasteiger partial charge is 0.255 e. The summed E-state index contributed by atoms with van der Waals surface area (Å²) in [4.78, 5) is 11.9. The van der Waals surface area contributed by atoms with Gasteiger partial charge < -0.3 is 20.1 Å². The summed E-state index contributed by atoms with van der Waals surface area (Å²) in [5, 5.41) is 5.96. The van der Waals surface area contributed by atoms with E-state index in [1.54, 1.807) is 25.3 Å². The SMILES string of the molecule is CCNCCNC(=O)c1ccc(OC)cc1OC. The molecule has 0 aromatic heterocycles. The summed E-state index contributed by atoms with van der Waals surface area (Å²) >= 11 is 0. The largest absolute Gasteiger partial charge is 0.497 e. The van der Waals surface area contributed by atoms with Crippen molar-refractivity contribution in [1.29, 1.82) is 0 Å². The molecule has 0 saturated carbocycles. The molecule has 0 aliphatic heterocycles. The maximum Gasteiger partial charge on any atom is 0.255 e. The molecule has 100 valence electrons. The standard InChI is InChI=1S/C13H20N2O3/c1-4-14-7-8-15-13(16)11-6-5-10(17-2)9-12(11)18-3/h5-6,9,14H,4,7-8H2,1-3H3,(H,15,16). The number of amides is 1. The summed E-state index contributed by atoms with van der Waals surface area (Å²) in [7, 11) is 3.11. The lowest BCUT2D eigenvalue weighted by molar-refractivity contribution is 0.0951. The van der Waals surface area contributed by atoms with Crippen LogP contribution in [-0.2, 0) is 0 Å². The van der Waals surface area contributed by atoms with Gasteiger partial charge in [-0.2, -0.15) is 0 Å². The Bertz CT molecular complexity index is 394. The summed E-state index contributed by atoms with van der Waals surface area (Å²) in [6, 6.07) is 5.13. The van der Waals surface area contributed by atoms with E-state index in [4.69, 9.17) is 9.47 Å². The van der Waals surface area contributed by atoms with Crippen LogP contribution >= 0.6 is 0 Å². The first kappa shape index (κ1) is 14.3. The van der Waals surface area contributed by atoms with Crippen LogP contribution in [0.4, 0.5) is 0 Å². The second kappa shape index (κ2) is 7.55. The van der Waals surface area contributed by atoms with E-state index in [0.29, 0.717) is 23.6 Å². The molecule has 1 aromatic carbocycles.